The quantitative estimate of drug-likeness (QED) is 0.566. The number of benzene rings is 1. The average Bonchev–Trinajstić information content (AvgIpc) is 2.69. The third-order valence-corrected chi connectivity index (χ3v) is 1.86. The van der Waals surface area contributed by atoms with Crippen LogP contribution in [0.2, 0.25) is 0 Å². The Balaban J connectivity index is 0.00000128. The fourth-order valence-corrected chi connectivity index (χ4v) is 1.15. The van der Waals surface area contributed by atoms with Crippen LogP contribution in [0.1, 0.15) is 0 Å². The Kier molecular flexibility index (Phi) is 4.68. The first-order valence-electron chi connectivity index (χ1n) is 4.10. The molecule has 0 amide bonds. The number of hydrogen-bond donors (Lipinski definition) is 0. The second-order valence-electron chi connectivity index (χ2n) is 2.92. The first-order chi connectivity index (χ1) is 7.07. The summed E-state index contributed by atoms with van der Waals surface area (Å²) in [4.78, 5) is 0. The third-order valence-electron chi connectivity index (χ3n) is 1.86. The van der Waals surface area contributed by atoms with E-state index in [4.69, 9.17) is 0 Å². The Morgan fingerprint density at radius 2 is 1.94 bits per heavy atom. The zero-order valence-corrected chi connectivity index (χ0v) is 11.5. The number of rotatable bonds is 2. The van der Waals surface area contributed by atoms with Crippen LogP contribution < -0.4 is 56.8 Å². The van der Waals surface area contributed by atoms with E-state index in [1.165, 1.54) is 23.1 Å². The van der Waals surface area contributed by atoms with E-state index in [1.54, 1.807) is 0 Å². The Morgan fingerprint density at radius 3 is 2.50 bits per heavy atom. The van der Waals surface area contributed by atoms with E-state index in [2.05, 4.69) is 15.5 Å². The molecule has 0 aliphatic heterocycles. The topological polar surface area (TPSA) is 43.6 Å². The SMILES string of the molecule is F[B-](F)(F)c1cccc(-n2cnnn2)c1.[K+]. The van der Waals surface area contributed by atoms with Crippen molar-refractivity contribution in [3.63, 3.8) is 0 Å². The summed E-state index contributed by atoms with van der Waals surface area (Å²) < 4.78 is 38.4. The van der Waals surface area contributed by atoms with E-state index in [0.29, 0.717) is 0 Å². The minimum absolute atomic E-state index is 0. The van der Waals surface area contributed by atoms with Gasteiger partial charge >= 0.3 is 58.4 Å². The fourth-order valence-electron chi connectivity index (χ4n) is 1.15. The molecule has 4 nitrogen and oxygen atoms in total. The van der Waals surface area contributed by atoms with Crippen LogP contribution in [-0.2, 0) is 0 Å². The Bertz CT molecular complexity index is 459. The van der Waals surface area contributed by atoms with E-state index >= 15 is 0 Å². The maximum atomic E-state index is 12.4. The molecule has 0 aliphatic carbocycles. The summed E-state index contributed by atoms with van der Waals surface area (Å²) in [6.07, 6.45) is 1.24. The molecule has 0 spiro atoms. The van der Waals surface area contributed by atoms with Gasteiger partial charge in [0.2, 0.25) is 0 Å². The maximum Gasteiger partial charge on any atom is 1.00 e. The van der Waals surface area contributed by atoms with Gasteiger partial charge in [0.1, 0.15) is 6.33 Å². The summed E-state index contributed by atoms with van der Waals surface area (Å²) in [7, 11) is 0. The molecule has 78 valence electrons. The molecule has 0 bridgehead atoms. The maximum absolute atomic E-state index is 12.4. The van der Waals surface area contributed by atoms with Crippen LogP contribution in [0.15, 0.2) is 30.6 Å². The normalized spacial score (nSPS) is 10.9. The number of nitrogens with zero attached hydrogens (tertiary/aromatic N) is 4. The number of tetrazole rings is 1. The summed E-state index contributed by atoms with van der Waals surface area (Å²) in [6.45, 7) is -4.99. The van der Waals surface area contributed by atoms with Crippen molar-refractivity contribution in [2.24, 2.45) is 0 Å². The molecular formula is C7H5BF3KN4. The van der Waals surface area contributed by atoms with Gasteiger partial charge in [0.25, 0.3) is 0 Å². The molecular weight excluding hydrogens is 247 g/mol. The molecule has 0 radical (unpaired) electrons. The monoisotopic (exact) mass is 252 g/mol. The van der Waals surface area contributed by atoms with Gasteiger partial charge in [-0.05, 0) is 16.5 Å². The van der Waals surface area contributed by atoms with Crippen LogP contribution in [0, 0.1) is 0 Å². The Labute approximate surface area is 132 Å². The van der Waals surface area contributed by atoms with Crippen molar-refractivity contribution < 1.29 is 64.3 Å². The molecule has 9 heteroatoms. The standard InChI is InChI=1S/C7H5BF3N4.K/c9-8(10,11)6-2-1-3-7(4-6)15-5-12-13-14-15;/h1-5H;/q-1;+1. The van der Waals surface area contributed by atoms with Crippen LogP contribution in [0.3, 0.4) is 0 Å². The smallest absolute Gasteiger partial charge is 0.445 e. The van der Waals surface area contributed by atoms with Gasteiger partial charge in [0.05, 0.1) is 5.69 Å². The van der Waals surface area contributed by atoms with Crippen molar-refractivity contribution >= 4 is 12.4 Å². The number of halogens is 3. The molecule has 0 fully saturated rings. The fraction of sp³-hybridized carbons (Fsp3) is 0. The van der Waals surface area contributed by atoms with Gasteiger partial charge in [-0.25, -0.2) is 4.68 Å². The molecule has 1 heterocycles. The molecule has 0 N–H and O–H groups in total. The second kappa shape index (κ2) is 5.41. The minimum Gasteiger partial charge on any atom is -0.445 e. The molecule has 0 saturated carbocycles. The summed E-state index contributed by atoms with van der Waals surface area (Å²) in [5.74, 6) is 0. The van der Waals surface area contributed by atoms with Gasteiger partial charge < -0.3 is 12.9 Å². The minimum atomic E-state index is -4.99. The van der Waals surface area contributed by atoms with E-state index in [0.717, 1.165) is 12.1 Å². The van der Waals surface area contributed by atoms with E-state index in [1.807, 2.05) is 0 Å². The average molecular weight is 252 g/mol. The summed E-state index contributed by atoms with van der Waals surface area (Å²) in [6, 6.07) is 4.85. The third kappa shape index (κ3) is 3.14. The summed E-state index contributed by atoms with van der Waals surface area (Å²) >= 11 is 0. The zero-order chi connectivity index (χ0) is 10.9. The van der Waals surface area contributed by atoms with Gasteiger partial charge in [0, 0.05) is 0 Å². The molecule has 1 aromatic heterocycles. The van der Waals surface area contributed by atoms with Crippen LogP contribution in [0.25, 0.3) is 5.69 Å². The van der Waals surface area contributed by atoms with Crippen LogP contribution in [0.5, 0.6) is 0 Å². The molecule has 0 atom stereocenters. The molecule has 2 aromatic rings. The van der Waals surface area contributed by atoms with Crippen LogP contribution >= 0.6 is 0 Å². The molecule has 16 heavy (non-hydrogen) atoms. The van der Waals surface area contributed by atoms with Gasteiger partial charge in [-0.1, -0.05) is 18.2 Å². The Morgan fingerprint density at radius 1 is 1.19 bits per heavy atom. The molecule has 0 unspecified atom stereocenters. The Hall–Kier alpha value is -0.219. The van der Waals surface area contributed by atoms with Crippen molar-refractivity contribution in [3.8, 4) is 5.69 Å². The predicted octanol–water partition coefficient (Wildman–Crippen LogP) is -2.28. The first-order valence-corrected chi connectivity index (χ1v) is 4.10. The number of aromatic nitrogens is 4. The number of hydrogen-bond acceptors (Lipinski definition) is 3. The van der Waals surface area contributed by atoms with Crippen molar-refractivity contribution in [1.29, 1.82) is 0 Å². The van der Waals surface area contributed by atoms with Gasteiger partial charge in [0.15, 0.2) is 0 Å². The molecule has 0 saturated heterocycles. The molecule has 2 rings (SSSR count). The summed E-state index contributed by atoms with van der Waals surface area (Å²) in [5, 5.41) is 10.2. The van der Waals surface area contributed by atoms with E-state index in [9.17, 15) is 12.9 Å². The van der Waals surface area contributed by atoms with Crippen molar-refractivity contribution in [2.75, 3.05) is 0 Å². The summed E-state index contributed by atoms with van der Waals surface area (Å²) in [5.41, 5.74) is -0.375. The molecule has 1 aromatic carbocycles. The second-order valence-corrected chi connectivity index (χ2v) is 2.92. The molecule has 0 aliphatic rings. The predicted molar refractivity (Wildman–Crippen MR) is 47.9 cm³/mol. The van der Waals surface area contributed by atoms with Crippen LogP contribution in [-0.4, -0.2) is 27.2 Å². The largest absolute Gasteiger partial charge is 1.00 e. The van der Waals surface area contributed by atoms with E-state index < -0.39 is 12.4 Å². The first kappa shape index (κ1) is 13.8. The van der Waals surface area contributed by atoms with Gasteiger partial charge in [-0.15, -0.1) is 10.6 Å². The van der Waals surface area contributed by atoms with Gasteiger partial charge in [-0.3, -0.25) is 0 Å². The van der Waals surface area contributed by atoms with Crippen molar-refractivity contribution in [1.82, 2.24) is 20.2 Å². The van der Waals surface area contributed by atoms with Crippen LogP contribution in [0.4, 0.5) is 12.9 Å². The van der Waals surface area contributed by atoms with Gasteiger partial charge in [-0.2, -0.15) is 0 Å². The van der Waals surface area contributed by atoms with E-state index in [-0.39, 0.29) is 57.1 Å². The van der Waals surface area contributed by atoms with Crippen molar-refractivity contribution in [3.05, 3.63) is 30.6 Å². The zero-order valence-electron chi connectivity index (χ0n) is 8.39. The van der Waals surface area contributed by atoms with Crippen molar-refractivity contribution in [2.45, 2.75) is 0 Å².